The summed E-state index contributed by atoms with van der Waals surface area (Å²) in [5.74, 6) is 0. The summed E-state index contributed by atoms with van der Waals surface area (Å²) in [4.78, 5) is 0. The summed E-state index contributed by atoms with van der Waals surface area (Å²) in [6, 6.07) is 1.75. The highest BCUT2D eigenvalue weighted by molar-refractivity contribution is 5.16. The zero-order valence-corrected chi connectivity index (χ0v) is 6.74. The maximum atomic E-state index is 9.44. The summed E-state index contributed by atoms with van der Waals surface area (Å²) in [7, 11) is 0. The Morgan fingerprint density at radius 2 is 2.36 bits per heavy atom. The van der Waals surface area contributed by atoms with E-state index in [2.05, 4.69) is 0 Å². The Bertz CT molecular complexity index is 230. The Morgan fingerprint density at radius 3 is 2.82 bits per heavy atom. The lowest BCUT2D eigenvalue weighted by atomic mass is 10.1. The minimum atomic E-state index is -0.529. The van der Waals surface area contributed by atoms with E-state index in [-0.39, 0.29) is 0 Å². The summed E-state index contributed by atoms with van der Waals surface area (Å²) >= 11 is 0. The second-order valence-electron chi connectivity index (χ2n) is 2.75. The maximum Gasteiger partial charge on any atom is 0.100 e. The molecule has 0 fully saturated rings. The van der Waals surface area contributed by atoms with Crippen LogP contribution in [0.4, 0.5) is 0 Å². The van der Waals surface area contributed by atoms with E-state index in [1.807, 2.05) is 13.8 Å². The fraction of sp³-hybridized carbons (Fsp3) is 0.333. The normalized spacial score (nSPS) is 12.6. The van der Waals surface area contributed by atoms with Crippen molar-refractivity contribution in [3.05, 3.63) is 35.8 Å². The van der Waals surface area contributed by atoms with Crippen molar-refractivity contribution in [3.8, 4) is 0 Å². The molecule has 0 amide bonds. The van der Waals surface area contributed by atoms with Crippen LogP contribution in [0.15, 0.2) is 34.7 Å². The van der Waals surface area contributed by atoms with Crippen LogP contribution in [0, 0.1) is 0 Å². The topological polar surface area (TPSA) is 33.4 Å². The number of hydrogen-bond acceptors (Lipinski definition) is 2. The molecule has 1 aromatic heterocycles. The zero-order valence-electron chi connectivity index (χ0n) is 6.74. The van der Waals surface area contributed by atoms with Gasteiger partial charge in [0.2, 0.25) is 0 Å². The van der Waals surface area contributed by atoms with E-state index in [1.54, 1.807) is 24.7 Å². The SMILES string of the molecule is CC(C)=CC(O)c1ccoc1. The van der Waals surface area contributed by atoms with E-state index in [9.17, 15) is 5.11 Å². The number of hydrogen-bond donors (Lipinski definition) is 1. The van der Waals surface area contributed by atoms with Crippen LogP contribution >= 0.6 is 0 Å². The van der Waals surface area contributed by atoms with Crippen molar-refractivity contribution in [2.45, 2.75) is 20.0 Å². The highest BCUT2D eigenvalue weighted by atomic mass is 16.3. The molecule has 1 atom stereocenters. The van der Waals surface area contributed by atoms with E-state index >= 15 is 0 Å². The molecule has 0 radical (unpaired) electrons. The molecule has 0 aliphatic heterocycles. The third-order valence-electron chi connectivity index (χ3n) is 1.38. The fourth-order valence-corrected chi connectivity index (χ4v) is 0.855. The lowest BCUT2D eigenvalue weighted by molar-refractivity contribution is 0.226. The lowest BCUT2D eigenvalue weighted by Gasteiger charge is -2.01. The summed E-state index contributed by atoms with van der Waals surface area (Å²) in [6.07, 6.45) is 4.35. The molecule has 0 aliphatic rings. The summed E-state index contributed by atoms with van der Waals surface area (Å²) in [6.45, 7) is 3.90. The molecule has 2 heteroatoms. The van der Waals surface area contributed by atoms with Crippen LogP contribution in [0.25, 0.3) is 0 Å². The van der Waals surface area contributed by atoms with Crippen LogP contribution in [-0.4, -0.2) is 5.11 Å². The Balaban J connectivity index is 2.71. The number of aliphatic hydroxyl groups excluding tert-OH is 1. The van der Waals surface area contributed by atoms with Gasteiger partial charge < -0.3 is 9.52 Å². The number of aliphatic hydroxyl groups is 1. The van der Waals surface area contributed by atoms with E-state index in [4.69, 9.17) is 4.42 Å². The average molecular weight is 152 g/mol. The second-order valence-corrected chi connectivity index (χ2v) is 2.75. The molecule has 11 heavy (non-hydrogen) atoms. The molecule has 0 aliphatic carbocycles. The Hall–Kier alpha value is -1.02. The van der Waals surface area contributed by atoms with Crippen molar-refractivity contribution in [1.29, 1.82) is 0 Å². The smallest absolute Gasteiger partial charge is 0.100 e. The summed E-state index contributed by atoms with van der Waals surface area (Å²) in [5.41, 5.74) is 1.89. The lowest BCUT2D eigenvalue weighted by Crippen LogP contribution is -1.90. The summed E-state index contributed by atoms with van der Waals surface area (Å²) < 4.78 is 4.83. The highest BCUT2D eigenvalue weighted by Crippen LogP contribution is 2.15. The Kier molecular flexibility index (Phi) is 2.49. The average Bonchev–Trinajstić information content (AvgIpc) is 2.35. The van der Waals surface area contributed by atoms with Crippen LogP contribution in [0.2, 0.25) is 0 Å². The van der Waals surface area contributed by atoms with Gasteiger partial charge in [-0.25, -0.2) is 0 Å². The predicted octanol–water partition coefficient (Wildman–Crippen LogP) is 2.28. The molecule has 1 aromatic rings. The van der Waals surface area contributed by atoms with Crippen LogP contribution in [-0.2, 0) is 0 Å². The zero-order chi connectivity index (χ0) is 8.27. The molecular weight excluding hydrogens is 140 g/mol. The molecule has 1 N–H and O–H groups in total. The molecule has 0 bridgehead atoms. The Morgan fingerprint density at radius 1 is 1.64 bits per heavy atom. The molecule has 0 spiro atoms. The first-order valence-corrected chi connectivity index (χ1v) is 3.55. The van der Waals surface area contributed by atoms with Gasteiger partial charge in [-0.3, -0.25) is 0 Å². The first-order valence-electron chi connectivity index (χ1n) is 3.55. The van der Waals surface area contributed by atoms with Gasteiger partial charge in [-0.1, -0.05) is 11.6 Å². The predicted molar refractivity (Wildman–Crippen MR) is 43.1 cm³/mol. The van der Waals surface area contributed by atoms with Crippen molar-refractivity contribution in [3.63, 3.8) is 0 Å². The van der Waals surface area contributed by atoms with Gasteiger partial charge in [0.1, 0.15) is 6.10 Å². The Labute approximate surface area is 66.2 Å². The van der Waals surface area contributed by atoms with Gasteiger partial charge in [-0.15, -0.1) is 0 Å². The van der Waals surface area contributed by atoms with Gasteiger partial charge in [-0.05, 0) is 19.9 Å². The van der Waals surface area contributed by atoms with Gasteiger partial charge in [0, 0.05) is 5.56 Å². The van der Waals surface area contributed by atoms with Crippen molar-refractivity contribution in [2.75, 3.05) is 0 Å². The third kappa shape index (κ3) is 2.24. The molecule has 1 unspecified atom stereocenters. The van der Waals surface area contributed by atoms with Gasteiger partial charge in [0.25, 0.3) is 0 Å². The quantitative estimate of drug-likeness (QED) is 0.659. The van der Waals surface area contributed by atoms with Gasteiger partial charge >= 0.3 is 0 Å². The molecule has 2 nitrogen and oxygen atoms in total. The number of allylic oxidation sites excluding steroid dienone is 1. The van der Waals surface area contributed by atoms with Crippen molar-refractivity contribution in [1.82, 2.24) is 0 Å². The number of furan rings is 1. The molecule has 1 heterocycles. The van der Waals surface area contributed by atoms with Crippen LogP contribution < -0.4 is 0 Å². The molecule has 0 saturated carbocycles. The molecule has 60 valence electrons. The van der Waals surface area contributed by atoms with Crippen molar-refractivity contribution >= 4 is 0 Å². The third-order valence-corrected chi connectivity index (χ3v) is 1.38. The number of rotatable bonds is 2. The van der Waals surface area contributed by atoms with E-state index < -0.39 is 6.10 Å². The molecule has 1 rings (SSSR count). The fourth-order valence-electron chi connectivity index (χ4n) is 0.855. The van der Waals surface area contributed by atoms with Gasteiger partial charge in [0.05, 0.1) is 12.5 Å². The van der Waals surface area contributed by atoms with Gasteiger partial charge in [-0.2, -0.15) is 0 Å². The van der Waals surface area contributed by atoms with Gasteiger partial charge in [0.15, 0.2) is 0 Å². The van der Waals surface area contributed by atoms with Crippen molar-refractivity contribution in [2.24, 2.45) is 0 Å². The second kappa shape index (κ2) is 3.39. The highest BCUT2D eigenvalue weighted by Gasteiger charge is 2.03. The first-order chi connectivity index (χ1) is 5.20. The van der Waals surface area contributed by atoms with Crippen LogP contribution in [0.5, 0.6) is 0 Å². The van der Waals surface area contributed by atoms with Crippen LogP contribution in [0.1, 0.15) is 25.5 Å². The molecule has 0 saturated heterocycles. The van der Waals surface area contributed by atoms with Crippen molar-refractivity contribution < 1.29 is 9.52 Å². The van der Waals surface area contributed by atoms with E-state index in [0.717, 1.165) is 11.1 Å². The standard InChI is InChI=1S/C9H12O2/c1-7(2)5-9(10)8-3-4-11-6-8/h3-6,9-10H,1-2H3. The first kappa shape index (κ1) is 8.08. The molecular formula is C9H12O2. The van der Waals surface area contributed by atoms with Crippen LogP contribution in [0.3, 0.4) is 0 Å². The van der Waals surface area contributed by atoms with E-state index in [1.165, 1.54) is 0 Å². The largest absolute Gasteiger partial charge is 0.472 e. The van der Waals surface area contributed by atoms with E-state index in [0.29, 0.717) is 0 Å². The maximum absolute atomic E-state index is 9.44. The molecule has 0 aromatic carbocycles. The minimum Gasteiger partial charge on any atom is -0.472 e. The monoisotopic (exact) mass is 152 g/mol. The minimum absolute atomic E-state index is 0.529. The summed E-state index contributed by atoms with van der Waals surface area (Å²) in [5, 5.41) is 9.44.